The molecule has 0 aliphatic carbocycles. The first-order valence-electron chi connectivity index (χ1n) is 5.29. The fourth-order valence-electron chi connectivity index (χ4n) is 1.25. The summed E-state index contributed by atoms with van der Waals surface area (Å²) in [4.78, 5) is 23.0. The molecule has 1 amide bonds. The van der Waals surface area contributed by atoms with Gasteiger partial charge in [-0.15, -0.1) is 11.3 Å². The van der Waals surface area contributed by atoms with Gasteiger partial charge >= 0.3 is 12.1 Å². The average Bonchev–Trinajstić information content (AvgIpc) is 2.60. The maximum Gasteiger partial charge on any atom is 0.412 e. The van der Waals surface area contributed by atoms with Crippen LogP contribution in [0.2, 0.25) is 0 Å². The molecule has 0 bridgehead atoms. The van der Waals surface area contributed by atoms with Crippen LogP contribution in [0.15, 0.2) is 5.38 Å². The van der Waals surface area contributed by atoms with E-state index >= 15 is 0 Å². The Kier molecular flexibility index (Phi) is 4.96. The molecule has 0 saturated heterocycles. The summed E-state index contributed by atoms with van der Waals surface area (Å²) in [7, 11) is 0. The lowest BCUT2D eigenvalue weighted by Crippen LogP contribution is -2.15. The molecule has 5 nitrogen and oxygen atoms in total. The number of rotatable bonds is 4. The molecule has 6 heteroatoms. The van der Waals surface area contributed by atoms with E-state index in [4.69, 9.17) is 9.47 Å². The highest BCUT2D eigenvalue weighted by molar-refractivity contribution is 7.15. The Balaban J connectivity index is 2.86. The summed E-state index contributed by atoms with van der Waals surface area (Å²) in [5.74, 6) is -0.432. The van der Waals surface area contributed by atoms with Gasteiger partial charge in [-0.25, -0.2) is 9.59 Å². The fraction of sp³-hybridized carbons (Fsp3) is 0.455. The molecule has 1 heterocycles. The van der Waals surface area contributed by atoms with E-state index in [0.29, 0.717) is 17.2 Å². The van der Waals surface area contributed by atoms with E-state index in [0.717, 1.165) is 5.56 Å². The first kappa shape index (κ1) is 13.5. The van der Waals surface area contributed by atoms with Crippen LogP contribution in [0.4, 0.5) is 9.80 Å². The van der Waals surface area contributed by atoms with E-state index in [1.54, 1.807) is 26.2 Å². The largest absolute Gasteiger partial charge is 0.462 e. The summed E-state index contributed by atoms with van der Waals surface area (Å²) in [5, 5.41) is 4.77. The molecule has 1 N–H and O–H groups in total. The predicted molar refractivity (Wildman–Crippen MR) is 65.7 cm³/mol. The van der Waals surface area contributed by atoms with Gasteiger partial charge in [0, 0.05) is 0 Å². The number of ether oxygens (including phenoxy) is 2. The van der Waals surface area contributed by atoms with Crippen LogP contribution in [0.5, 0.6) is 0 Å². The van der Waals surface area contributed by atoms with Crippen molar-refractivity contribution in [3.8, 4) is 0 Å². The Labute approximate surface area is 104 Å². The smallest absolute Gasteiger partial charge is 0.412 e. The van der Waals surface area contributed by atoms with Crippen molar-refractivity contribution in [2.24, 2.45) is 0 Å². The minimum absolute atomic E-state index is 0.283. The molecule has 0 spiro atoms. The number of hydrogen-bond donors (Lipinski definition) is 1. The summed E-state index contributed by atoms with van der Waals surface area (Å²) in [6, 6.07) is 0. The van der Waals surface area contributed by atoms with Gasteiger partial charge in [-0.3, -0.25) is 5.32 Å². The molecule has 0 unspecified atom stereocenters. The highest BCUT2D eigenvalue weighted by atomic mass is 32.1. The maximum absolute atomic E-state index is 11.7. The van der Waals surface area contributed by atoms with Crippen LogP contribution in [0, 0.1) is 6.92 Å². The molecule has 17 heavy (non-hydrogen) atoms. The van der Waals surface area contributed by atoms with Gasteiger partial charge in [0.2, 0.25) is 0 Å². The number of anilines is 1. The van der Waals surface area contributed by atoms with Crippen LogP contribution in [-0.4, -0.2) is 25.3 Å². The summed E-state index contributed by atoms with van der Waals surface area (Å²) in [5.41, 5.74) is 1.17. The Morgan fingerprint density at radius 3 is 2.53 bits per heavy atom. The summed E-state index contributed by atoms with van der Waals surface area (Å²) in [6.07, 6.45) is -0.570. The van der Waals surface area contributed by atoms with Crippen molar-refractivity contribution in [2.45, 2.75) is 20.8 Å². The number of esters is 1. The molecule has 0 atom stereocenters. The van der Waals surface area contributed by atoms with Gasteiger partial charge in [-0.2, -0.15) is 0 Å². The van der Waals surface area contributed by atoms with Crippen LogP contribution in [0.1, 0.15) is 29.8 Å². The standard InChI is InChI=1S/C11H15NO4S/c1-4-15-10(13)8-7(3)6-17-9(8)12-11(14)16-5-2/h6H,4-5H2,1-3H3,(H,12,14). The number of carbonyl (C=O) groups is 2. The molecule has 1 aromatic heterocycles. The van der Waals surface area contributed by atoms with E-state index in [1.807, 2.05) is 0 Å². The lowest BCUT2D eigenvalue weighted by Gasteiger charge is -2.06. The highest BCUT2D eigenvalue weighted by Crippen LogP contribution is 2.28. The SMILES string of the molecule is CCOC(=O)Nc1scc(C)c1C(=O)OCC. The van der Waals surface area contributed by atoms with Crippen molar-refractivity contribution in [1.82, 2.24) is 0 Å². The van der Waals surface area contributed by atoms with E-state index in [1.165, 1.54) is 11.3 Å². The van der Waals surface area contributed by atoms with Crippen molar-refractivity contribution in [3.05, 3.63) is 16.5 Å². The zero-order valence-electron chi connectivity index (χ0n) is 10.0. The third kappa shape index (κ3) is 3.45. The predicted octanol–water partition coefficient (Wildman–Crippen LogP) is 2.80. The van der Waals surface area contributed by atoms with Gasteiger partial charge in [0.05, 0.1) is 18.8 Å². The van der Waals surface area contributed by atoms with Crippen LogP contribution in [-0.2, 0) is 9.47 Å². The zero-order valence-corrected chi connectivity index (χ0v) is 10.8. The number of nitrogens with one attached hydrogen (secondary N) is 1. The molecular formula is C11H15NO4S. The quantitative estimate of drug-likeness (QED) is 0.842. The van der Waals surface area contributed by atoms with E-state index in [9.17, 15) is 9.59 Å². The summed E-state index contributed by atoms with van der Waals surface area (Å²) in [6.45, 7) is 5.82. The molecule has 0 aliphatic rings. The second-order valence-corrected chi connectivity index (χ2v) is 4.07. The van der Waals surface area contributed by atoms with Gasteiger partial charge in [0.1, 0.15) is 5.00 Å². The van der Waals surface area contributed by atoms with Crippen molar-refractivity contribution in [3.63, 3.8) is 0 Å². The third-order valence-electron chi connectivity index (χ3n) is 1.95. The van der Waals surface area contributed by atoms with Crippen LogP contribution in [0.3, 0.4) is 0 Å². The molecule has 0 aliphatic heterocycles. The molecule has 0 fully saturated rings. The molecular weight excluding hydrogens is 242 g/mol. The lowest BCUT2D eigenvalue weighted by molar-refractivity contribution is 0.0527. The normalized spacial score (nSPS) is 9.82. The van der Waals surface area contributed by atoms with Crippen molar-refractivity contribution in [2.75, 3.05) is 18.5 Å². The average molecular weight is 257 g/mol. The van der Waals surface area contributed by atoms with Gasteiger partial charge in [-0.1, -0.05) is 0 Å². The zero-order chi connectivity index (χ0) is 12.8. The van der Waals surface area contributed by atoms with Crippen molar-refractivity contribution in [1.29, 1.82) is 0 Å². The fourth-order valence-corrected chi connectivity index (χ4v) is 2.17. The molecule has 0 aromatic carbocycles. The first-order valence-corrected chi connectivity index (χ1v) is 6.17. The summed E-state index contributed by atoms with van der Waals surface area (Å²) < 4.78 is 9.68. The second kappa shape index (κ2) is 6.24. The van der Waals surface area contributed by atoms with Gasteiger partial charge in [-0.05, 0) is 31.7 Å². The number of aryl methyl sites for hydroxylation is 1. The minimum atomic E-state index is -0.570. The van der Waals surface area contributed by atoms with Crippen LogP contribution >= 0.6 is 11.3 Å². The Morgan fingerprint density at radius 2 is 1.94 bits per heavy atom. The van der Waals surface area contributed by atoms with Crippen LogP contribution < -0.4 is 5.32 Å². The summed E-state index contributed by atoms with van der Waals surface area (Å²) >= 11 is 1.27. The lowest BCUT2D eigenvalue weighted by atomic mass is 10.2. The number of amides is 1. The van der Waals surface area contributed by atoms with E-state index in [-0.39, 0.29) is 6.61 Å². The Bertz CT molecular complexity index is 414. The molecule has 0 saturated carbocycles. The topological polar surface area (TPSA) is 64.6 Å². The number of thiophene rings is 1. The van der Waals surface area contributed by atoms with Crippen molar-refractivity contribution >= 4 is 28.4 Å². The van der Waals surface area contributed by atoms with Crippen molar-refractivity contribution < 1.29 is 19.1 Å². The van der Waals surface area contributed by atoms with Crippen LogP contribution in [0.25, 0.3) is 0 Å². The van der Waals surface area contributed by atoms with E-state index in [2.05, 4.69) is 5.32 Å². The molecule has 1 rings (SSSR count). The van der Waals surface area contributed by atoms with Gasteiger partial charge in [0.25, 0.3) is 0 Å². The maximum atomic E-state index is 11.7. The second-order valence-electron chi connectivity index (χ2n) is 3.19. The van der Waals surface area contributed by atoms with Gasteiger partial charge < -0.3 is 9.47 Å². The third-order valence-corrected chi connectivity index (χ3v) is 2.96. The number of hydrogen-bond acceptors (Lipinski definition) is 5. The number of carbonyl (C=O) groups excluding carboxylic acids is 2. The molecule has 94 valence electrons. The molecule has 1 aromatic rings. The molecule has 0 radical (unpaired) electrons. The Hall–Kier alpha value is -1.56. The van der Waals surface area contributed by atoms with Gasteiger partial charge in [0.15, 0.2) is 0 Å². The first-order chi connectivity index (χ1) is 8.10. The monoisotopic (exact) mass is 257 g/mol. The Morgan fingerprint density at radius 1 is 1.29 bits per heavy atom. The minimum Gasteiger partial charge on any atom is -0.462 e. The van der Waals surface area contributed by atoms with E-state index < -0.39 is 12.1 Å². The highest BCUT2D eigenvalue weighted by Gasteiger charge is 2.19.